The molecule has 0 atom stereocenters. The second kappa shape index (κ2) is 2.77. The first-order chi connectivity index (χ1) is 4.74. The lowest BCUT2D eigenvalue weighted by molar-refractivity contribution is 1.56. The molecule has 0 heterocycles. The molecule has 1 aromatic carbocycles. The Morgan fingerprint density at radius 3 is 2.70 bits per heavy atom. The molecular formula is C9H6Cl. The Balaban J connectivity index is 3.25. The molecule has 0 spiro atoms. The van der Waals surface area contributed by atoms with Crippen molar-refractivity contribution in [2.24, 2.45) is 0 Å². The van der Waals surface area contributed by atoms with Crippen molar-refractivity contribution >= 4 is 11.6 Å². The van der Waals surface area contributed by atoms with Crippen molar-refractivity contribution in [3.63, 3.8) is 0 Å². The topological polar surface area (TPSA) is 0 Å². The molecule has 0 N–H and O–H groups in total. The summed E-state index contributed by atoms with van der Waals surface area (Å²) in [5.74, 6) is 2.49. The molecule has 1 heteroatoms. The van der Waals surface area contributed by atoms with Crippen molar-refractivity contribution in [1.29, 1.82) is 0 Å². The fourth-order valence-electron chi connectivity index (χ4n) is 0.683. The standard InChI is InChI=1S/C9H6Cl/c1-3-8-6-9(10)5-4-7(8)2/h1,4-6H,2H2. The highest BCUT2D eigenvalue weighted by molar-refractivity contribution is 6.30. The minimum absolute atomic E-state index is 0.653. The fourth-order valence-corrected chi connectivity index (χ4v) is 0.855. The van der Waals surface area contributed by atoms with Gasteiger partial charge in [-0.15, -0.1) is 6.42 Å². The van der Waals surface area contributed by atoms with Crippen molar-refractivity contribution in [1.82, 2.24) is 0 Å². The van der Waals surface area contributed by atoms with Crippen LogP contribution in [0.25, 0.3) is 0 Å². The van der Waals surface area contributed by atoms with Crippen molar-refractivity contribution in [3.05, 3.63) is 41.3 Å². The summed E-state index contributed by atoms with van der Waals surface area (Å²) in [6.07, 6.45) is 5.17. The lowest BCUT2D eigenvalue weighted by Gasteiger charge is -1.96. The van der Waals surface area contributed by atoms with Gasteiger partial charge in [-0.2, -0.15) is 0 Å². The average molecular weight is 150 g/mol. The van der Waals surface area contributed by atoms with Gasteiger partial charge in [0.1, 0.15) is 0 Å². The minimum atomic E-state index is 0.653. The van der Waals surface area contributed by atoms with E-state index >= 15 is 0 Å². The Morgan fingerprint density at radius 2 is 2.20 bits per heavy atom. The van der Waals surface area contributed by atoms with Crippen LogP contribution in [-0.2, 0) is 0 Å². The monoisotopic (exact) mass is 149 g/mol. The summed E-state index contributed by atoms with van der Waals surface area (Å²) in [5, 5.41) is 0.653. The Morgan fingerprint density at radius 1 is 1.50 bits per heavy atom. The van der Waals surface area contributed by atoms with Gasteiger partial charge in [-0.25, -0.2) is 0 Å². The summed E-state index contributed by atoms with van der Waals surface area (Å²) in [6, 6.07) is 5.30. The molecule has 0 amide bonds. The lowest BCUT2D eigenvalue weighted by Crippen LogP contribution is -1.79. The Labute approximate surface area is 65.8 Å². The summed E-state index contributed by atoms with van der Waals surface area (Å²) in [5.41, 5.74) is 1.60. The largest absolute Gasteiger partial charge is 0.115 e. The van der Waals surface area contributed by atoms with E-state index in [0.29, 0.717) is 5.02 Å². The van der Waals surface area contributed by atoms with Gasteiger partial charge in [0.2, 0.25) is 0 Å². The van der Waals surface area contributed by atoms with Crippen LogP contribution in [0.15, 0.2) is 18.2 Å². The van der Waals surface area contributed by atoms with Gasteiger partial charge < -0.3 is 0 Å². The molecule has 0 saturated carbocycles. The van der Waals surface area contributed by atoms with E-state index < -0.39 is 0 Å². The zero-order chi connectivity index (χ0) is 7.56. The zero-order valence-corrected chi connectivity index (χ0v) is 6.15. The summed E-state index contributed by atoms with van der Waals surface area (Å²) in [6.45, 7) is 3.73. The van der Waals surface area contributed by atoms with Crippen molar-refractivity contribution in [2.45, 2.75) is 0 Å². The summed E-state index contributed by atoms with van der Waals surface area (Å²) < 4.78 is 0. The van der Waals surface area contributed by atoms with Gasteiger partial charge in [-0.1, -0.05) is 23.6 Å². The highest BCUT2D eigenvalue weighted by Crippen LogP contribution is 2.13. The first kappa shape index (κ1) is 7.18. The third kappa shape index (κ3) is 1.32. The van der Waals surface area contributed by atoms with Gasteiger partial charge in [0, 0.05) is 10.6 Å². The zero-order valence-electron chi connectivity index (χ0n) is 5.39. The van der Waals surface area contributed by atoms with Crippen LogP contribution in [0.4, 0.5) is 0 Å². The maximum absolute atomic E-state index is 5.67. The molecule has 1 radical (unpaired) electrons. The van der Waals surface area contributed by atoms with Crippen LogP contribution in [0, 0.1) is 19.3 Å². The smallest absolute Gasteiger partial charge is 0.0418 e. The van der Waals surface area contributed by atoms with Gasteiger partial charge in [0.25, 0.3) is 0 Å². The molecule has 0 nitrogen and oxygen atoms in total. The highest BCUT2D eigenvalue weighted by Gasteiger charge is 1.93. The second-order valence-corrected chi connectivity index (χ2v) is 2.38. The van der Waals surface area contributed by atoms with Gasteiger partial charge in [0.15, 0.2) is 0 Å². The number of hydrogen-bond acceptors (Lipinski definition) is 0. The summed E-state index contributed by atoms with van der Waals surface area (Å²) in [7, 11) is 0. The molecule has 0 aliphatic carbocycles. The number of terminal acetylenes is 1. The van der Waals surface area contributed by atoms with Crippen molar-refractivity contribution in [3.8, 4) is 12.3 Å². The van der Waals surface area contributed by atoms with E-state index in [9.17, 15) is 0 Å². The molecule has 0 aliphatic rings. The molecule has 10 heavy (non-hydrogen) atoms. The maximum Gasteiger partial charge on any atom is 0.0418 e. The van der Waals surface area contributed by atoms with E-state index in [0.717, 1.165) is 11.1 Å². The molecule has 0 aliphatic heterocycles. The van der Waals surface area contributed by atoms with Crippen LogP contribution in [-0.4, -0.2) is 0 Å². The van der Waals surface area contributed by atoms with Gasteiger partial charge in [-0.05, 0) is 24.6 Å². The first-order valence-corrected chi connectivity index (χ1v) is 3.20. The Hall–Kier alpha value is -0.930. The predicted octanol–water partition coefficient (Wildman–Crippen LogP) is 2.50. The summed E-state index contributed by atoms with van der Waals surface area (Å²) >= 11 is 5.67. The van der Waals surface area contributed by atoms with Crippen molar-refractivity contribution < 1.29 is 0 Å². The molecule has 49 valence electrons. The third-order valence-electron chi connectivity index (χ3n) is 1.23. The first-order valence-electron chi connectivity index (χ1n) is 2.82. The fraction of sp³-hybridized carbons (Fsp3) is 0. The van der Waals surface area contributed by atoms with E-state index in [4.69, 9.17) is 18.0 Å². The molecule has 0 unspecified atom stereocenters. The molecule has 1 rings (SSSR count). The molecular weight excluding hydrogens is 144 g/mol. The van der Waals surface area contributed by atoms with Crippen LogP contribution in [0.2, 0.25) is 5.02 Å². The molecule has 0 aromatic heterocycles. The van der Waals surface area contributed by atoms with E-state index in [1.54, 1.807) is 18.2 Å². The molecule has 0 fully saturated rings. The quantitative estimate of drug-likeness (QED) is 0.498. The normalized spacial score (nSPS) is 8.90. The van der Waals surface area contributed by atoms with Crippen LogP contribution >= 0.6 is 11.6 Å². The lowest BCUT2D eigenvalue weighted by atomic mass is 10.1. The van der Waals surface area contributed by atoms with Gasteiger partial charge in [0.05, 0.1) is 0 Å². The van der Waals surface area contributed by atoms with E-state index in [1.165, 1.54) is 0 Å². The molecule has 1 aromatic rings. The van der Waals surface area contributed by atoms with Crippen LogP contribution < -0.4 is 0 Å². The van der Waals surface area contributed by atoms with Crippen LogP contribution in [0.5, 0.6) is 0 Å². The average Bonchev–Trinajstić information content (AvgIpc) is 1.94. The van der Waals surface area contributed by atoms with E-state index in [1.807, 2.05) is 0 Å². The van der Waals surface area contributed by atoms with E-state index in [2.05, 4.69) is 12.8 Å². The van der Waals surface area contributed by atoms with Crippen molar-refractivity contribution in [2.75, 3.05) is 0 Å². The maximum atomic E-state index is 5.67. The SMILES string of the molecule is C#Cc1cc(Cl)ccc1[CH2]. The molecule has 0 bridgehead atoms. The molecule has 0 saturated heterocycles. The Kier molecular flexibility index (Phi) is 1.99. The number of rotatable bonds is 0. The Bertz CT molecular complexity index is 281. The predicted molar refractivity (Wildman–Crippen MR) is 43.8 cm³/mol. The highest BCUT2D eigenvalue weighted by atomic mass is 35.5. The second-order valence-electron chi connectivity index (χ2n) is 1.95. The van der Waals surface area contributed by atoms with Crippen LogP contribution in [0.1, 0.15) is 11.1 Å². The number of halogens is 1. The van der Waals surface area contributed by atoms with Gasteiger partial charge >= 0.3 is 0 Å². The summed E-state index contributed by atoms with van der Waals surface area (Å²) in [4.78, 5) is 0. The van der Waals surface area contributed by atoms with E-state index in [-0.39, 0.29) is 0 Å². The third-order valence-corrected chi connectivity index (χ3v) is 1.46. The minimum Gasteiger partial charge on any atom is -0.115 e. The number of hydrogen-bond donors (Lipinski definition) is 0. The van der Waals surface area contributed by atoms with Gasteiger partial charge in [-0.3, -0.25) is 0 Å². The number of benzene rings is 1. The van der Waals surface area contributed by atoms with Crippen LogP contribution in [0.3, 0.4) is 0 Å².